The summed E-state index contributed by atoms with van der Waals surface area (Å²) in [5, 5.41) is 10.3. The van der Waals surface area contributed by atoms with E-state index in [1.165, 1.54) is 12.8 Å². The van der Waals surface area contributed by atoms with E-state index in [0.717, 1.165) is 22.2 Å². The largest absolute Gasteiger partial charge is 0.493 e. The summed E-state index contributed by atoms with van der Waals surface area (Å²) < 4.78 is 12.5. The molecule has 1 amide bonds. The molecule has 1 aromatic heterocycles. The number of ether oxygens (including phenoxy) is 2. The minimum atomic E-state index is -0.631. The Balaban J connectivity index is 1.99. The predicted molar refractivity (Wildman–Crippen MR) is 92.5 cm³/mol. The predicted octanol–water partition coefficient (Wildman–Crippen LogP) is 2.51. The van der Waals surface area contributed by atoms with Crippen LogP contribution in [-0.4, -0.2) is 34.5 Å². The minimum Gasteiger partial charge on any atom is -0.493 e. The van der Waals surface area contributed by atoms with E-state index in [1.807, 2.05) is 6.07 Å². The molecule has 3 N–H and O–H groups in total. The molecule has 0 unspecified atom stereocenters. The van der Waals surface area contributed by atoms with Crippen molar-refractivity contribution < 1.29 is 14.3 Å². The maximum atomic E-state index is 11.4. The quantitative estimate of drug-likeness (QED) is 0.713. The van der Waals surface area contributed by atoms with Crippen LogP contribution >= 0.6 is 22.6 Å². The summed E-state index contributed by atoms with van der Waals surface area (Å²) in [6.07, 6.45) is 4.76. The molecule has 122 valence electrons. The fourth-order valence-electron chi connectivity index (χ4n) is 2.75. The molecular formula is C15H17IN4O3. The van der Waals surface area contributed by atoms with E-state index in [9.17, 15) is 4.79 Å². The van der Waals surface area contributed by atoms with Crippen LogP contribution in [0.4, 0.5) is 0 Å². The Morgan fingerprint density at radius 2 is 2.09 bits per heavy atom. The number of nitrogens with zero attached hydrogens (tertiary/aromatic N) is 2. The van der Waals surface area contributed by atoms with Crippen LogP contribution in [0.2, 0.25) is 0 Å². The van der Waals surface area contributed by atoms with Crippen LogP contribution in [0.25, 0.3) is 11.3 Å². The lowest BCUT2D eigenvalue weighted by Gasteiger charge is -2.18. The van der Waals surface area contributed by atoms with Gasteiger partial charge in [0.15, 0.2) is 17.2 Å². The molecule has 0 aliphatic heterocycles. The second-order valence-corrected chi connectivity index (χ2v) is 6.56. The van der Waals surface area contributed by atoms with E-state index >= 15 is 0 Å². The smallest absolute Gasteiger partial charge is 0.271 e. The molecule has 8 heteroatoms. The van der Waals surface area contributed by atoms with Gasteiger partial charge in [0.25, 0.3) is 5.91 Å². The van der Waals surface area contributed by atoms with Crippen LogP contribution in [-0.2, 0) is 0 Å². The van der Waals surface area contributed by atoms with Gasteiger partial charge in [-0.25, -0.2) is 0 Å². The lowest BCUT2D eigenvalue weighted by Crippen LogP contribution is -2.13. The van der Waals surface area contributed by atoms with Crippen molar-refractivity contribution in [2.75, 3.05) is 7.11 Å². The van der Waals surface area contributed by atoms with Crippen LogP contribution in [0.15, 0.2) is 12.1 Å². The summed E-state index contributed by atoms with van der Waals surface area (Å²) in [5.74, 6) is 0.707. The fourth-order valence-corrected chi connectivity index (χ4v) is 3.48. The Bertz CT molecular complexity index is 726. The van der Waals surface area contributed by atoms with Crippen LogP contribution in [0.1, 0.15) is 36.2 Å². The number of amides is 1. The summed E-state index contributed by atoms with van der Waals surface area (Å²) >= 11 is 2.20. The van der Waals surface area contributed by atoms with Crippen molar-refractivity contribution in [3.63, 3.8) is 0 Å². The van der Waals surface area contributed by atoms with Gasteiger partial charge in [-0.05, 0) is 60.4 Å². The first-order chi connectivity index (χ1) is 11.1. The second-order valence-electron chi connectivity index (χ2n) is 5.40. The number of carbonyl (C=O) groups is 1. The third kappa shape index (κ3) is 3.26. The normalized spacial score (nSPS) is 14.9. The summed E-state index contributed by atoms with van der Waals surface area (Å²) in [5.41, 5.74) is 6.53. The Labute approximate surface area is 147 Å². The lowest BCUT2D eigenvalue weighted by atomic mass is 10.1. The van der Waals surface area contributed by atoms with E-state index in [2.05, 4.69) is 38.0 Å². The van der Waals surface area contributed by atoms with Gasteiger partial charge in [-0.2, -0.15) is 15.4 Å². The molecule has 0 bridgehead atoms. The first kappa shape index (κ1) is 16.0. The summed E-state index contributed by atoms with van der Waals surface area (Å²) in [6.45, 7) is 0. The van der Waals surface area contributed by atoms with Gasteiger partial charge in [0.2, 0.25) is 0 Å². The molecule has 1 aromatic carbocycles. The molecule has 1 aliphatic carbocycles. The number of nitrogens with two attached hydrogens (primary N) is 1. The van der Waals surface area contributed by atoms with Crippen LogP contribution in [0.3, 0.4) is 0 Å². The van der Waals surface area contributed by atoms with Gasteiger partial charge in [0, 0.05) is 5.56 Å². The monoisotopic (exact) mass is 428 g/mol. The topological polar surface area (TPSA) is 103 Å². The number of methoxy groups -OCH3 is 1. The summed E-state index contributed by atoms with van der Waals surface area (Å²) in [6, 6.07) is 3.67. The second kappa shape index (κ2) is 6.73. The zero-order valence-corrected chi connectivity index (χ0v) is 14.8. The number of primary amides is 1. The van der Waals surface area contributed by atoms with Crippen molar-refractivity contribution in [2.45, 2.75) is 31.8 Å². The van der Waals surface area contributed by atoms with Crippen LogP contribution in [0, 0.1) is 3.57 Å². The zero-order valence-electron chi connectivity index (χ0n) is 12.6. The molecule has 1 saturated carbocycles. The van der Waals surface area contributed by atoms with E-state index in [1.54, 1.807) is 13.2 Å². The highest BCUT2D eigenvalue weighted by atomic mass is 127. The maximum absolute atomic E-state index is 11.4. The van der Waals surface area contributed by atoms with Gasteiger partial charge in [-0.3, -0.25) is 4.79 Å². The van der Waals surface area contributed by atoms with Gasteiger partial charge < -0.3 is 15.2 Å². The standard InChI is InChI=1S/C15H17IN4O3/c1-22-11-7-8(12-13(15(17)21)19-20-18-12)6-10(16)14(11)23-9-4-2-3-5-9/h6-7,9H,2-5H2,1H3,(H2,17,21)(H,18,19,20). The Hall–Kier alpha value is -1.84. The highest BCUT2D eigenvalue weighted by Crippen LogP contribution is 2.39. The third-order valence-corrected chi connectivity index (χ3v) is 4.67. The van der Waals surface area contributed by atoms with E-state index < -0.39 is 5.91 Å². The fraction of sp³-hybridized carbons (Fsp3) is 0.400. The number of benzene rings is 1. The number of aromatic nitrogens is 3. The van der Waals surface area contributed by atoms with Crippen molar-refractivity contribution in [2.24, 2.45) is 5.73 Å². The summed E-state index contributed by atoms with van der Waals surface area (Å²) in [4.78, 5) is 11.4. The number of halogens is 1. The number of H-pyrrole nitrogens is 1. The van der Waals surface area contributed by atoms with Crippen molar-refractivity contribution >= 4 is 28.5 Å². The molecule has 0 saturated heterocycles. The Morgan fingerprint density at radius 3 is 2.74 bits per heavy atom. The molecule has 0 atom stereocenters. The molecule has 1 heterocycles. The van der Waals surface area contributed by atoms with E-state index in [-0.39, 0.29) is 11.8 Å². The minimum absolute atomic E-state index is 0.104. The van der Waals surface area contributed by atoms with Gasteiger partial charge in [0.05, 0.1) is 16.8 Å². The molecular weight excluding hydrogens is 411 g/mol. The highest BCUT2D eigenvalue weighted by Gasteiger charge is 2.23. The van der Waals surface area contributed by atoms with Crippen molar-refractivity contribution in [1.29, 1.82) is 0 Å². The van der Waals surface area contributed by atoms with Crippen molar-refractivity contribution in [1.82, 2.24) is 15.4 Å². The number of hydrogen-bond acceptors (Lipinski definition) is 5. The van der Waals surface area contributed by atoms with E-state index in [4.69, 9.17) is 15.2 Å². The molecule has 0 spiro atoms. The first-order valence-corrected chi connectivity index (χ1v) is 8.43. The van der Waals surface area contributed by atoms with E-state index in [0.29, 0.717) is 17.0 Å². The number of nitrogens with one attached hydrogen (secondary N) is 1. The van der Waals surface area contributed by atoms with Crippen LogP contribution < -0.4 is 15.2 Å². The average molecular weight is 428 g/mol. The molecule has 1 aliphatic rings. The molecule has 2 aromatic rings. The molecule has 23 heavy (non-hydrogen) atoms. The number of carbonyl (C=O) groups excluding carboxylic acids is 1. The molecule has 7 nitrogen and oxygen atoms in total. The van der Waals surface area contributed by atoms with Gasteiger partial charge in [-0.1, -0.05) is 0 Å². The third-order valence-electron chi connectivity index (χ3n) is 3.87. The Kier molecular flexibility index (Phi) is 4.69. The average Bonchev–Trinajstić information content (AvgIpc) is 3.19. The van der Waals surface area contributed by atoms with Gasteiger partial charge in [0.1, 0.15) is 5.69 Å². The molecule has 3 rings (SSSR count). The van der Waals surface area contributed by atoms with Gasteiger partial charge in [-0.15, -0.1) is 0 Å². The summed E-state index contributed by atoms with van der Waals surface area (Å²) in [7, 11) is 1.59. The van der Waals surface area contributed by atoms with Crippen molar-refractivity contribution in [3.8, 4) is 22.8 Å². The van der Waals surface area contributed by atoms with Crippen LogP contribution in [0.5, 0.6) is 11.5 Å². The van der Waals surface area contributed by atoms with Crippen molar-refractivity contribution in [3.05, 3.63) is 21.4 Å². The Morgan fingerprint density at radius 1 is 1.35 bits per heavy atom. The number of aromatic amines is 1. The first-order valence-electron chi connectivity index (χ1n) is 7.35. The van der Waals surface area contributed by atoms with Gasteiger partial charge >= 0.3 is 0 Å². The lowest BCUT2D eigenvalue weighted by molar-refractivity contribution is 0.0996. The zero-order chi connectivity index (χ0) is 16.4. The molecule has 1 fully saturated rings. The number of rotatable bonds is 5. The molecule has 0 radical (unpaired) electrons. The number of hydrogen-bond donors (Lipinski definition) is 2. The SMILES string of the molecule is COc1cc(-c2n[nH]nc2C(N)=O)cc(I)c1OC1CCCC1. The highest BCUT2D eigenvalue weighted by molar-refractivity contribution is 14.1. The maximum Gasteiger partial charge on any atom is 0.271 e.